The van der Waals surface area contributed by atoms with Crippen LogP contribution in [0, 0.1) is 0 Å². The van der Waals surface area contributed by atoms with Gasteiger partial charge in [-0.2, -0.15) is 0 Å². The van der Waals surface area contributed by atoms with Gasteiger partial charge < -0.3 is 4.74 Å². The zero-order valence-corrected chi connectivity index (χ0v) is 14.8. The molecule has 0 bridgehead atoms. The van der Waals surface area contributed by atoms with E-state index in [-0.39, 0.29) is 6.04 Å². The van der Waals surface area contributed by atoms with E-state index in [0.29, 0.717) is 0 Å². The van der Waals surface area contributed by atoms with E-state index in [9.17, 15) is 0 Å². The summed E-state index contributed by atoms with van der Waals surface area (Å²) in [4.78, 5) is 2.26. The van der Waals surface area contributed by atoms with E-state index >= 15 is 0 Å². The number of nitrogens with zero attached hydrogens (tertiary/aromatic N) is 1. The standard InChI is InChI=1S/C17H19BrClNO/c1-12(15-6-4-5-7-17(15)19)20(2)11-13-10-14(21-3)8-9-16(13)18/h4-10,12H,11H2,1-3H3. The fourth-order valence-electron chi connectivity index (χ4n) is 2.26. The summed E-state index contributed by atoms with van der Waals surface area (Å²) in [5.74, 6) is 0.868. The van der Waals surface area contributed by atoms with E-state index in [1.165, 1.54) is 5.56 Å². The molecule has 0 aliphatic rings. The van der Waals surface area contributed by atoms with Crippen molar-refractivity contribution in [1.29, 1.82) is 0 Å². The first kappa shape index (κ1) is 16.3. The van der Waals surface area contributed by atoms with Crippen molar-refractivity contribution in [3.05, 3.63) is 63.1 Å². The van der Waals surface area contributed by atoms with Gasteiger partial charge in [-0.1, -0.05) is 45.7 Å². The quantitative estimate of drug-likeness (QED) is 0.709. The first-order chi connectivity index (χ1) is 10.0. The van der Waals surface area contributed by atoms with Gasteiger partial charge in [0.05, 0.1) is 7.11 Å². The van der Waals surface area contributed by atoms with Crippen LogP contribution in [0.3, 0.4) is 0 Å². The van der Waals surface area contributed by atoms with Crippen molar-refractivity contribution in [1.82, 2.24) is 4.90 Å². The van der Waals surface area contributed by atoms with E-state index < -0.39 is 0 Å². The maximum Gasteiger partial charge on any atom is 0.119 e. The summed E-state index contributed by atoms with van der Waals surface area (Å²) < 4.78 is 6.38. The summed E-state index contributed by atoms with van der Waals surface area (Å²) in [5.41, 5.74) is 2.33. The van der Waals surface area contributed by atoms with Gasteiger partial charge in [-0.05, 0) is 49.4 Å². The molecule has 0 heterocycles. The van der Waals surface area contributed by atoms with E-state index in [4.69, 9.17) is 16.3 Å². The number of ether oxygens (including phenoxy) is 1. The summed E-state index contributed by atoms with van der Waals surface area (Å²) in [6, 6.07) is 14.2. The molecule has 0 N–H and O–H groups in total. The molecule has 0 fully saturated rings. The molecule has 0 amide bonds. The summed E-state index contributed by atoms with van der Waals surface area (Å²) in [6.07, 6.45) is 0. The maximum atomic E-state index is 6.29. The fraction of sp³-hybridized carbons (Fsp3) is 0.294. The van der Waals surface area contributed by atoms with Gasteiger partial charge >= 0.3 is 0 Å². The molecule has 1 atom stereocenters. The highest BCUT2D eigenvalue weighted by Crippen LogP contribution is 2.29. The van der Waals surface area contributed by atoms with Crippen molar-refractivity contribution < 1.29 is 4.74 Å². The highest BCUT2D eigenvalue weighted by Gasteiger charge is 2.15. The minimum absolute atomic E-state index is 0.233. The Kier molecular flexibility index (Phi) is 5.68. The highest BCUT2D eigenvalue weighted by atomic mass is 79.9. The zero-order valence-electron chi connectivity index (χ0n) is 12.4. The molecule has 2 nitrogen and oxygen atoms in total. The molecule has 0 spiro atoms. The third-order valence-corrected chi connectivity index (χ3v) is 4.81. The second-order valence-electron chi connectivity index (χ2n) is 5.07. The summed E-state index contributed by atoms with van der Waals surface area (Å²) >= 11 is 9.89. The van der Waals surface area contributed by atoms with Gasteiger partial charge in [0.2, 0.25) is 0 Å². The van der Waals surface area contributed by atoms with Gasteiger partial charge in [-0.3, -0.25) is 4.90 Å². The Balaban J connectivity index is 2.18. The van der Waals surface area contributed by atoms with Crippen molar-refractivity contribution in [2.24, 2.45) is 0 Å². The maximum absolute atomic E-state index is 6.29. The Bertz CT molecular complexity index is 617. The lowest BCUT2D eigenvalue weighted by Crippen LogP contribution is -2.22. The highest BCUT2D eigenvalue weighted by molar-refractivity contribution is 9.10. The van der Waals surface area contributed by atoms with Crippen molar-refractivity contribution >= 4 is 27.5 Å². The monoisotopic (exact) mass is 367 g/mol. The van der Waals surface area contributed by atoms with Crippen LogP contribution < -0.4 is 4.74 Å². The SMILES string of the molecule is COc1ccc(Br)c(CN(C)C(C)c2ccccc2Cl)c1. The largest absolute Gasteiger partial charge is 0.497 e. The molecule has 2 aromatic rings. The Morgan fingerprint density at radius 1 is 1.24 bits per heavy atom. The van der Waals surface area contributed by atoms with Gasteiger partial charge in [-0.25, -0.2) is 0 Å². The topological polar surface area (TPSA) is 12.5 Å². The van der Waals surface area contributed by atoms with Crippen molar-refractivity contribution in [3.63, 3.8) is 0 Å². The number of methoxy groups -OCH3 is 1. The Hall–Kier alpha value is -1.03. The van der Waals surface area contributed by atoms with Gasteiger partial charge in [0.1, 0.15) is 5.75 Å². The van der Waals surface area contributed by atoms with Crippen molar-refractivity contribution in [3.8, 4) is 5.75 Å². The van der Waals surface area contributed by atoms with Crippen LogP contribution in [0.1, 0.15) is 24.1 Å². The van der Waals surface area contributed by atoms with Crippen LogP contribution in [0.15, 0.2) is 46.9 Å². The van der Waals surface area contributed by atoms with Gasteiger partial charge in [0.25, 0.3) is 0 Å². The molecule has 0 saturated heterocycles. The van der Waals surface area contributed by atoms with Crippen LogP contribution in [0.2, 0.25) is 5.02 Å². The number of hydrogen-bond acceptors (Lipinski definition) is 2. The van der Waals surface area contributed by atoms with Crippen LogP contribution in [-0.2, 0) is 6.54 Å². The average molecular weight is 369 g/mol. The number of benzene rings is 2. The third-order valence-electron chi connectivity index (χ3n) is 3.69. The number of hydrogen-bond donors (Lipinski definition) is 0. The first-order valence-corrected chi connectivity index (χ1v) is 7.97. The normalized spacial score (nSPS) is 12.5. The van der Waals surface area contributed by atoms with Crippen LogP contribution in [0.5, 0.6) is 5.75 Å². The summed E-state index contributed by atoms with van der Waals surface area (Å²) in [5, 5.41) is 0.807. The molecule has 112 valence electrons. The molecule has 0 radical (unpaired) electrons. The van der Waals surface area contributed by atoms with Crippen molar-refractivity contribution in [2.75, 3.05) is 14.2 Å². The van der Waals surface area contributed by atoms with E-state index in [2.05, 4.69) is 46.9 Å². The second-order valence-corrected chi connectivity index (χ2v) is 6.33. The Morgan fingerprint density at radius 2 is 1.95 bits per heavy atom. The fourth-order valence-corrected chi connectivity index (χ4v) is 2.92. The van der Waals surface area contributed by atoms with Crippen LogP contribution in [-0.4, -0.2) is 19.1 Å². The predicted molar refractivity (Wildman–Crippen MR) is 92.0 cm³/mol. The van der Waals surface area contributed by atoms with Gasteiger partial charge in [0, 0.05) is 22.1 Å². The minimum Gasteiger partial charge on any atom is -0.497 e. The van der Waals surface area contributed by atoms with Crippen LogP contribution in [0.4, 0.5) is 0 Å². The molecule has 4 heteroatoms. The molecular weight excluding hydrogens is 350 g/mol. The third kappa shape index (κ3) is 4.00. The minimum atomic E-state index is 0.233. The zero-order chi connectivity index (χ0) is 15.4. The second kappa shape index (κ2) is 7.30. The average Bonchev–Trinajstić information content (AvgIpc) is 2.49. The molecule has 2 rings (SSSR count). The first-order valence-electron chi connectivity index (χ1n) is 6.80. The molecule has 1 unspecified atom stereocenters. The van der Waals surface area contributed by atoms with Gasteiger partial charge in [0.15, 0.2) is 0 Å². The smallest absolute Gasteiger partial charge is 0.119 e. The molecule has 0 aliphatic heterocycles. The lowest BCUT2D eigenvalue weighted by atomic mass is 10.1. The molecule has 0 aromatic heterocycles. The number of halogens is 2. The van der Waals surface area contributed by atoms with Crippen LogP contribution >= 0.6 is 27.5 Å². The van der Waals surface area contributed by atoms with Gasteiger partial charge in [-0.15, -0.1) is 0 Å². The molecular formula is C17H19BrClNO. The van der Waals surface area contributed by atoms with E-state index in [1.54, 1.807) is 7.11 Å². The Morgan fingerprint density at radius 3 is 2.62 bits per heavy atom. The lowest BCUT2D eigenvalue weighted by molar-refractivity contribution is 0.252. The molecule has 21 heavy (non-hydrogen) atoms. The van der Waals surface area contributed by atoms with Crippen LogP contribution in [0.25, 0.3) is 0 Å². The Labute approximate surface area is 139 Å². The summed E-state index contributed by atoms with van der Waals surface area (Å²) in [6.45, 7) is 2.97. The molecule has 2 aromatic carbocycles. The molecule has 0 aliphatic carbocycles. The van der Waals surface area contributed by atoms with Crippen molar-refractivity contribution in [2.45, 2.75) is 19.5 Å². The molecule has 0 saturated carbocycles. The number of rotatable bonds is 5. The predicted octanol–water partition coefficient (Wildman–Crippen LogP) is 5.30. The van der Waals surface area contributed by atoms with E-state index in [0.717, 1.165) is 27.4 Å². The van der Waals surface area contributed by atoms with E-state index in [1.807, 2.05) is 30.3 Å². The lowest BCUT2D eigenvalue weighted by Gasteiger charge is -2.26. The summed E-state index contributed by atoms with van der Waals surface area (Å²) in [7, 11) is 3.78.